The van der Waals surface area contributed by atoms with Crippen molar-refractivity contribution in [3.63, 3.8) is 0 Å². The standard InChI is InChI=1S/C11H20N2O2/c1-7(15-2)3-4-10(14)13-11-8-5-12-6-9(8)11/h7-9,11-12H,3-6H2,1-2H3,(H,13,14). The van der Waals surface area contributed by atoms with Crippen LogP contribution in [0, 0.1) is 11.8 Å². The fourth-order valence-electron chi connectivity index (χ4n) is 2.34. The highest BCUT2D eigenvalue weighted by Gasteiger charge is 2.53. The summed E-state index contributed by atoms with van der Waals surface area (Å²) in [7, 11) is 1.68. The summed E-state index contributed by atoms with van der Waals surface area (Å²) in [5.41, 5.74) is 0. The van der Waals surface area contributed by atoms with E-state index >= 15 is 0 Å². The molecule has 1 saturated carbocycles. The van der Waals surface area contributed by atoms with Gasteiger partial charge in [-0.05, 0) is 25.2 Å². The summed E-state index contributed by atoms with van der Waals surface area (Å²) in [5.74, 6) is 1.58. The topological polar surface area (TPSA) is 50.4 Å². The van der Waals surface area contributed by atoms with Gasteiger partial charge in [0.05, 0.1) is 6.10 Å². The van der Waals surface area contributed by atoms with Gasteiger partial charge in [-0.3, -0.25) is 4.79 Å². The van der Waals surface area contributed by atoms with Gasteiger partial charge in [0.25, 0.3) is 0 Å². The van der Waals surface area contributed by atoms with Crippen LogP contribution in [-0.4, -0.2) is 38.3 Å². The van der Waals surface area contributed by atoms with Crippen molar-refractivity contribution in [1.29, 1.82) is 0 Å². The molecule has 0 spiro atoms. The first kappa shape index (κ1) is 10.9. The van der Waals surface area contributed by atoms with E-state index in [0.717, 1.165) is 19.5 Å². The summed E-state index contributed by atoms with van der Waals surface area (Å²) in [6.45, 7) is 4.14. The molecule has 1 amide bonds. The van der Waals surface area contributed by atoms with Gasteiger partial charge in [-0.1, -0.05) is 0 Å². The molecule has 4 heteroatoms. The van der Waals surface area contributed by atoms with E-state index in [4.69, 9.17) is 4.74 Å². The maximum Gasteiger partial charge on any atom is 0.220 e. The molecule has 1 heterocycles. The van der Waals surface area contributed by atoms with Crippen LogP contribution in [0.4, 0.5) is 0 Å². The number of fused-ring (bicyclic) bond motifs is 1. The van der Waals surface area contributed by atoms with Crippen LogP contribution < -0.4 is 10.6 Å². The number of nitrogens with one attached hydrogen (secondary N) is 2. The number of methoxy groups -OCH3 is 1. The predicted molar refractivity (Wildman–Crippen MR) is 57.5 cm³/mol. The number of hydrogen-bond donors (Lipinski definition) is 2. The van der Waals surface area contributed by atoms with E-state index in [1.54, 1.807) is 7.11 Å². The van der Waals surface area contributed by atoms with Crippen molar-refractivity contribution in [2.24, 2.45) is 11.8 Å². The highest BCUT2D eigenvalue weighted by atomic mass is 16.5. The first-order valence-corrected chi connectivity index (χ1v) is 5.75. The Morgan fingerprint density at radius 1 is 1.53 bits per heavy atom. The van der Waals surface area contributed by atoms with E-state index in [9.17, 15) is 4.79 Å². The Bertz CT molecular complexity index is 235. The largest absolute Gasteiger partial charge is 0.382 e. The second kappa shape index (κ2) is 4.49. The van der Waals surface area contributed by atoms with Crippen LogP contribution in [-0.2, 0) is 9.53 Å². The summed E-state index contributed by atoms with van der Waals surface area (Å²) in [4.78, 5) is 11.6. The van der Waals surface area contributed by atoms with Gasteiger partial charge in [0.2, 0.25) is 5.91 Å². The second-order valence-corrected chi connectivity index (χ2v) is 4.66. The molecule has 0 bridgehead atoms. The lowest BCUT2D eigenvalue weighted by molar-refractivity contribution is -0.122. The molecule has 86 valence electrons. The van der Waals surface area contributed by atoms with Crippen LogP contribution in [0.1, 0.15) is 19.8 Å². The van der Waals surface area contributed by atoms with Crippen molar-refractivity contribution in [3.05, 3.63) is 0 Å². The van der Waals surface area contributed by atoms with Gasteiger partial charge >= 0.3 is 0 Å². The number of rotatable bonds is 5. The molecule has 2 aliphatic rings. The molecule has 2 rings (SSSR count). The van der Waals surface area contributed by atoms with Crippen LogP contribution >= 0.6 is 0 Å². The minimum absolute atomic E-state index is 0.177. The molecule has 1 aliphatic carbocycles. The van der Waals surface area contributed by atoms with E-state index in [0.29, 0.717) is 24.3 Å². The SMILES string of the molecule is COC(C)CCC(=O)NC1C2CNCC21. The van der Waals surface area contributed by atoms with Crippen molar-refractivity contribution in [1.82, 2.24) is 10.6 Å². The fourth-order valence-corrected chi connectivity index (χ4v) is 2.34. The number of carbonyl (C=O) groups excluding carboxylic acids is 1. The molecular weight excluding hydrogens is 192 g/mol. The molecule has 0 radical (unpaired) electrons. The third kappa shape index (κ3) is 2.49. The number of hydrogen-bond acceptors (Lipinski definition) is 3. The number of carbonyl (C=O) groups is 1. The molecule has 2 fully saturated rings. The Hall–Kier alpha value is -0.610. The Kier molecular flexibility index (Phi) is 3.26. The molecule has 1 saturated heterocycles. The summed E-state index contributed by atoms with van der Waals surface area (Å²) >= 11 is 0. The Balaban J connectivity index is 1.61. The van der Waals surface area contributed by atoms with Crippen LogP contribution in [0.15, 0.2) is 0 Å². The summed E-state index contributed by atoms with van der Waals surface area (Å²) < 4.78 is 5.11. The fraction of sp³-hybridized carbons (Fsp3) is 0.909. The zero-order chi connectivity index (χ0) is 10.8. The second-order valence-electron chi connectivity index (χ2n) is 4.66. The van der Waals surface area contributed by atoms with E-state index in [1.807, 2.05) is 6.92 Å². The van der Waals surface area contributed by atoms with Crippen LogP contribution in [0.2, 0.25) is 0 Å². The normalized spacial score (nSPS) is 34.7. The van der Waals surface area contributed by atoms with Gasteiger partial charge < -0.3 is 15.4 Å². The predicted octanol–water partition coefficient (Wildman–Crippen LogP) is 0.136. The highest BCUT2D eigenvalue weighted by molar-refractivity contribution is 5.76. The lowest BCUT2D eigenvalue weighted by Gasteiger charge is -2.10. The van der Waals surface area contributed by atoms with Gasteiger partial charge in [0, 0.05) is 32.7 Å². The first-order chi connectivity index (χ1) is 7.22. The molecule has 0 aromatic heterocycles. The number of piperidine rings is 1. The van der Waals surface area contributed by atoms with Crippen molar-refractivity contribution >= 4 is 5.91 Å². The van der Waals surface area contributed by atoms with E-state index < -0.39 is 0 Å². The molecule has 4 nitrogen and oxygen atoms in total. The third-order valence-corrected chi connectivity index (χ3v) is 3.60. The number of amides is 1. The molecule has 3 atom stereocenters. The summed E-state index contributed by atoms with van der Waals surface area (Å²) in [5, 5.41) is 6.41. The lowest BCUT2D eigenvalue weighted by atomic mass is 10.2. The summed E-state index contributed by atoms with van der Waals surface area (Å²) in [6.07, 6.45) is 1.57. The molecule has 0 aromatic carbocycles. The van der Waals surface area contributed by atoms with Gasteiger partial charge in [0.15, 0.2) is 0 Å². The zero-order valence-electron chi connectivity index (χ0n) is 9.45. The Labute approximate surface area is 90.8 Å². The van der Waals surface area contributed by atoms with Crippen LogP contribution in [0.5, 0.6) is 0 Å². The van der Waals surface area contributed by atoms with Crippen molar-refractivity contribution in [2.45, 2.75) is 31.9 Å². The lowest BCUT2D eigenvalue weighted by Crippen LogP contribution is -2.32. The van der Waals surface area contributed by atoms with Crippen LogP contribution in [0.3, 0.4) is 0 Å². The maximum absolute atomic E-state index is 11.6. The maximum atomic E-state index is 11.6. The minimum Gasteiger partial charge on any atom is -0.382 e. The average molecular weight is 212 g/mol. The highest BCUT2D eigenvalue weighted by Crippen LogP contribution is 2.41. The zero-order valence-corrected chi connectivity index (χ0v) is 9.45. The third-order valence-electron chi connectivity index (χ3n) is 3.60. The van der Waals surface area contributed by atoms with Crippen LogP contribution in [0.25, 0.3) is 0 Å². The number of ether oxygens (including phenoxy) is 1. The average Bonchev–Trinajstić information content (AvgIpc) is 2.68. The molecule has 3 unspecified atom stereocenters. The Morgan fingerprint density at radius 2 is 2.20 bits per heavy atom. The van der Waals surface area contributed by atoms with Crippen molar-refractivity contribution in [2.75, 3.05) is 20.2 Å². The van der Waals surface area contributed by atoms with Gasteiger partial charge in [0.1, 0.15) is 0 Å². The molecular formula is C11H20N2O2. The molecule has 15 heavy (non-hydrogen) atoms. The van der Waals surface area contributed by atoms with Gasteiger partial charge in [-0.15, -0.1) is 0 Å². The van der Waals surface area contributed by atoms with Crippen molar-refractivity contribution in [3.8, 4) is 0 Å². The Morgan fingerprint density at radius 3 is 2.80 bits per heavy atom. The van der Waals surface area contributed by atoms with E-state index in [2.05, 4.69) is 10.6 Å². The quantitative estimate of drug-likeness (QED) is 0.681. The monoisotopic (exact) mass is 212 g/mol. The van der Waals surface area contributed by atoms with Gasteiger partial charge in [-0.2, -0.15) is 0 Å². The van der Waals surface area contributed by atoms with Crippen molar-refractivity contribution < 1.29 is 9.53 Å². The smallest absolute Gasteiger partial charge is 0.220 e. The molecule has 0 aromatic rings. The minimum atomic E-state index is 0.177. The first-order valence-electron chi connectivity index (χ1n) is 5.75. The van der Waals surface area contributed by atoms with Gasteiger partial charge in [-0.25, -0.2) is 0 Å². The van der Waals surface area contributed by atoms with E-state index in [-0.39, 0.29) is 12.0 Å². The molecule has 1 aliphatic heterocycles. The van der Waals surface area contributed by atoms with E-state index in [1.165, 1.54) is 0 Å². The molecule has 2 N–H and O–H groups in total. The summed E-state index contributed by atoms with van der Waals surface area (Å²) in [6, 6.07) is 0.455.